The van der Waals surface area contributed by atoms with Gasteiger partial charge in [0.15, 0.2) is 0 Å². The third-order valence-corrected chi connectivity index (χ3v) is 4.16. The summed E-state index contributed by atoms with van der Waals surface area (Å²) in [6, 6.07) is 1.70. The molecule has 0 unspecified atom stereocenters. The van der Waals surface area contributed by atoms with Gasteiger partial charge in [-0.15, -0.1) is 0 Å². The van der Waals surface area contributed by atoms with E-state index < -0.39 is 0 Å². The van der Waals surface area contributed by atoms with Crippen LogP contribution in [0.4, 0.5) is 0 Å². The van der Waals surface area contributed by atoms with E-state index in [1.54, 1.807) is 13.0 Å². The molecule has 1 amide bonds. The zero-order valence-corrected chi connectivity index (χ0v) is 11.6. The van der Waals surface area contributed by atoms with Gasteiger partial charge in [0.1, 0.15) is 5.76 Å². The van der Waals surface area contributed by atoms with Gasteiger partial charge < -0.3 is 9.73 Å². The third-order valence-electron chi connectivity index (χ3n) is 3.09. The minimum absolute atomic E-state index is 0.0607. The van der Waals surface area contributed by atoms with Crippen LogP contribution >= 0.6 is 15.9 Å². The number of furan rings is 1. The maximum atomic E-state index is 12.0. The number of alkyl halides is 1. The second-order valence-electron chi connectivity index (χ2n) is 3.97. The summed E-state index contributed by atoms with van der Waals surface area (Å²) in [6.45, 7) is 5.95. The van der Waals surface area contributed by atoms with Gasteiger partial charge in [-0.2, -0.15) is 0 Å². The van der Waals surface area contributed by atoms with E-state index in [2.05, 4.69) is 35.1 Å². The number of carbonyl (C=O) groups is 1. The van der Waals surface area contributed by atoms with Gasteiger partial charge in [-0.25, -0.2) is 0 Å². The fraction of sp³-hybridized carbons (Fsp3) is 0.583. The number of aryl methyl sites for hydroxylation is 1. The monoisotopic (exact) mass is 287 g/mol. The fourth-order valence-electron chi connectivity index (χ4n) is 1.58. The highest BCUT2D eigenvalue weighted by atomic mass is 79.9. The smallest absolute Gasteiger partial charge is 0.255 e. The van der Waals surface area contributed by atoms with Crippen molar-refractivity contribution in [1.82, 2.24) is 5.32 Å². The second kappa shape index (κ2) is 5.53. The number of nitrogens with one attached hydrogen (secondary N) is 1. The van der Waals surface area contributed by atoms with Crippen LogP contribution in [0.5, 0.6) is 0 Å². The molecule has 0 radical (unpaired) electrons. The van der Waals surface area contributed by atoms with Gasteiger partial charge in [0.25, 0.3) is 5.91 Å². The minimum Gasteiger partial charge on any atom is -0.469 e. The molecule has 0 aliphatic rings. The topological polar surface area (TPSA) is 42.2 Å². The summed E-state index contributed by atoms with van der Waals surface area (Å²) in [5.41, 5.74) is 0.452. The van der Waals surface area contributed by atoms with E-state index in [0.29, 0.717) is 11.3 Å². The van der Waals surface area contributed by atoms with Crippen LogP contribution in [-0.4, -0.2) is 16.8 Å². The predicted octanol–water partition coefficient (Wildman–Crippen LogP) is 3.27. The number of carbonyl (C=O) groups excluding carboxylic acids is 1. The molecule has 0 fully saturated rings. The Balaban J connectivity index is 2.81. The summed E-state index contributed by atoms with van der Waals surface area (Å²) in [7, 11) is 0. The summed E-state index contributed by atoms with van der Waals surface area (Å²) in [5, 5.41) is 3.84. The molecule has 0 saturated heterocycles. The summed E-state index contributed by atoms with van der Waals surface area (Å²) in [4.78, 5) is 12.0. The predicted molar refractivity (Wildman–Crippen MR) is 68.0 cm³/mol. The van der Waals surface area contributed by atoms with Crippen molar-refractivity contribution in [3.8, 4) is 0 Å². The molecule has 3 nitrogen and oxygen atoms in total. The molecule has 16 heavy (non-hydrogen) atoms. The Morgan fingerprint density at radius 3 is 2.50 bits per heavy atom. The first kappa shape index (κ1) is 13.3. The molecule has 1 rings (SSSR count). The van der Waals surface area contributed by atoms with E-state index in [-0.39, 0.29) is 11.4 Å². The van der Waals surface area contributed by atoms with Gasteiger partial charge in [0, 0.05) is 10.9 Å². The van der Waals surface area contributed by atoms with Crippen molar-refractivity contribution in [3.63, 3.8) is 0 Å². The zero-order valence-electron chi connectivity index (χ0n) is 9.97. The summed E-state index contributed by atoms with van der Waals surface area (Å²) < 4.78 is 5.13. The number of amides is 1. The SMILES string of the molecule is CCC(CC)(CBr)NC(=O)c1ccoc1C. The highest BCUT2D eigenvalue weighted by Gasteiger charge is 2.28. The first-order valence-corrected chi connectivity index (χ1v) is 6.63. The lowest BCUT2D eigenvalue weighted by atomic mass is 9.95. The molecule has 1 heterocycles. The Morgan fingerprint density at radius 2 is 2.12 bits per heavy atom. The first-order valence-electron chi connectivity index (χ1n) is 5.51. The van der Waals surface area contributed by atoms with E-state index >= 15 is 0 Å². The van der Waals surface area contributed by atoms with Crippen molar-refractivity contribution in [2.75, 3.05) is 5.33 Å². The summed E-state index contributed by atoms with van der Waals surface area (Å²) >= 11 is 3.47. The molecule has 0 saturated carbocycles. The van der Waals surface area contributed by atoms with E-state index in [0.717, 1.165) is 18.2 Å². The van der Waals surface area contributed by atoms with Gasteiger partial charge >= 0.3 is 0 Å². The molecular weight excluding hydrogens is 270 g/mol. The molecule has 1 aromatic heterocycles. The Labute approximate surface area is 105 Å². The molecule has 0 atom stereocenters. The van der Waals surface area contributed by atoms with Gasteiger partial charge in [0.2, 0.25) is 0 Å². The fourth-order valence-corrected chi connectivity index (χ4v) is 2.51. The first-order chi connectivity index (χ1) is 7.58. The summed E-state index contributed by atoms with van der Waals surface area (Å²) in [5.74, 6) is 0.600. The van der Waals surface area contributed by atoms with Crippen molar-refractivity contribution in [2.45, 2.75) is 39.2 Å². The van der Waals surface area contributed by atoms with Gasteiger partial charge in [0.05, 0.1) is 11.8 Å². The molecule has 1 aromatic rings. The van der Waals surface area contributed by atoms with Crippen LogP contribution in [-0.2, 0) is 0 Å². The number of rotatable bonds is 5. The standard InChI is InChI=1S/C12H18BrNO2/c1-4-12(5-2,8-13)14-11(15)10-6-7-16-9(10)3/h6-7H,4-5,8H2,1-3H3,(H,14,15). The zero-order chi connectivity index (χ0) is 12.2. The number of hydrogen-bond donors (Lipinski definition) is 1. The van der Waals surface area contributed by atoms with Gasteiger partial charge in [-0.3, -0.25) is 4.79 Å². The molecule has 0 aliphatic carbocycles. The lowest BCUT2D eigenvalue weighted by Crippen LogP contribution is -2.49. The maximum Gasteiger partial charge on any atom is 0.255 e. The van der Waals surface area contributed by atoms with Crippen LogP contribution < -0.4 is 5.32 Å². The highest BCUT2D eigenvalue weighted by Crippen LogP contribution is 2.19. The molecule has 0 aromatic carbocycles. The van der Waals surface area contributed by atoms with Crippen molar-refractivity contribution in [3.05, 3.63) is 23.7 Å². The summed E-state index contributed by atoms with van der Waals surface area (Å²) in [6.07, 6.45) is 3.34. The van der Waals surface area contributed by atoms with Crippen LogP contribution in [0.25, 0.3) is 0 Å². The molecule has 0 spiro atoms. The molecule has 90 valence electrons. The number of hydrogen-bond acceptors (Lipinski definition) is 2. The molecule has 0 aliphatic heterocycles. The quantitative estimate of drug-likeness (QED) is 0.845. The van der Waals surface area contributed by atoms with Crippen LogP contribution in [0.1, 0.15) is 42.8 Å². The van der Waals surface area contributed by atoms with Crippen molar-refractivity contribution in [1.29, 1.82) is 0 Å². The molecule has 1 N–H and O–H groups in total. The lowest BCUT2D eigenvalue weighted by Gasteiger charge is -2.30. The average Bonchev–Trinajstić information content (AvgIpc) is 2.72. The number of halogens is 1. The Hall–Kier alpha value is -0.770. The van der Waals surface area contributed by atoms with Crippen molar-refractivity contribution < 1.29 is 9.21 Å². The van der Waals surface area contributed by atoms with Crippen LogP contribution in [0, 0.1) is 6.92 Å². The molecule has 0 bridgehead atoms. The second-order valence-corrected chi connectivity index (χ2v) is 4.53. The van der Waals surface area contributed by atoms with Gasteiger partial charge in [-0.05, 0) is 25.8 Å². The van der Waals surface area contributed by atoms with E-state index in [1.165, 1.54) is 6.26 Å². The maximum absolute atomic E-state index is 12.0. The van der Waals surface area contributed by atoms with Gasteiger partial charge in [-0.1, -0.05) is 29.8 Å². The Bertz CT molecular complexity index is 347. The minimum atomic E-state index is -0.166. The largest absolute Gasteiger partial charge is 0.469 e. The highest BCUT2D eigenvalue weighted by molar-refractivity contribution is 9.09. The Morgan fingerprint density at radius 1 is 1.50 bits per heavy atom. The van der Waals surface area contributed by atoms with Crippen molar-refractivity contribution >= 4 is 21.8 Å². The van der Waals surface area contributed by atoms with Crippen molar-refractivity contribution in [2.24, 2.45) is 0 Å². The third kappa shape index (κ3) is 2.67. The van der Waals surface area contributed by atoms with Crippen LogP contribution in [0.2, 0.25) is 0 Å². The average molecular weight is 288 g/mol. The lowest BCUT2D eigenvalue weighted by molar-refractivity contribution is 0.0902. The Kier molecular flexibility index (Phi) is 4.59. The van der Waals surface area contributed by atoms with E-state index in [1.807, 2.05) is 0 Å². The van der Waals surface area contributed by atoms with E-state index in [9.17, 15) is 4.79 Å². The van der Waals surface area contributed by atoms with E-state index in [4.69, 9.17) is 4.42 Å². The normalized spacial score (nSPS) is 11.5. The molecule has 4 heteroatoms. The molecular formula is C12H18BrNO2. The van der Waals surface area contributed by atoms with Crippen LogP contribution in [0.3, 0.4) is 0 Å². The van der Waals surface area contributed by atoms with Crippen LogP contribution in [0.15, 0.2) is 16.7 Å².